The standard InChI is InChI=1S/C16H28N2/c1-2-17-13-9-5-6-10-14-18-15-16-11-7-3-4-8-12-16/h2,13,15-16H,1,3-12,14H2. The third-order valence-electron chi connectivity index (χ3n) is 3.55. The van der Waals surface area contributed by atoms with Crippen LogP contribution in [0.5, 0.6) is 0 Å². The molecule has 0 bridgehead atoms. The van der Waals surface area contributed by atoms with Crippen LogP contribution in [0.3, 0.4) is 0 Å². The van der Waals surface area contributed by atoms with Gasteiger partial charge in [0.15, 0.2) is 0 Å². The minimum Gasteiger partial charge on any atom is -0.297 e. The normalized spacial score (nSPS) is 18.4. The van der Waals surface area contributed by atoms with Crippen LogP contribution in [0.25, 0.3) is 0 Å². The van der Waals surface area contributed by atoms with Crippen LogP contribution in [-0.4, -0.2) is 19.0 Å². The van der Waals surface area contributed by atoms with Gasteiger partial charge in [0.05, 0.1) is 0 Å². The van der Waals surface area contributed by atoms with Crippen LogP contribution in [0.15, 0.2) is 22.8 Å². The molecule has 0 aliphatic heterocycles. The van der Waals surface area contributed by atoms with Gasteiger partial charge in [-0.25, -0.2) is 0 Å². The first-order valence-corrected chi connectivity index (χ1v) is 7.56. The fraction of sp³-hybridized carbons (Fsp3) is 0.750. The second-order valence-corrected chi connectivity index (χ2v) is 5.17. The highest BCUT2D eigenvalue weighted by atomic mass is 14.7. The molecule has 0 heterocycles. The number of hydrogen-bond acceptors (Lipinski definition) is 2. The summed E-state index contributed by atoms with van der Waals surface area (Å²) in [5, 5.41) is 0. The quantitative estimate of drug-likeness (QED) is 0.335. The summed E-state index contributed by atoms with van der Waals surface area (Å²) < 4.78 is 0. The number of rotatable bonds is 8. The van der Waals surface area contributed by atoms with Gasteiger partial charge in [-0.2, -0.15) is 0 Å². The Morgan fingerprint density at radius 3 is 2.50 bits per heavy atom. The molecule has 1 rings (SSSR count). The van der Waals surface area contributed by atoms with Crippen LogP contribution in [-0.2, 0) is 0 Å². The van der Waals surface area contributed by atoms with E-state index in [0.29, 0.717) is 0 Å². The minimum absolute atomic E-state index is 0.771. The topological polar surface area (TPSA) is 24.7 Å². The molecule has 18 heavy (non-hydrogen) atoms. The number of aliphatic imine (C=N–C) groups is 2. The van der Waals surface area contributed by atoms with Crippen molar-refractivity contribution in [1.29, 1.82) is 0 Å². The van der Waals surface area contributed by atoms with Crippen molar-refractivity contribution in [2.75, 3.05) is 6.54 Å². The largest absolute Gasteiger partial charge is 0.297 e. The number of unbranched alkanes of at least 4 members (excludes halogenated alkanes) is 3. The Morgan fingerprint density at radius 2 is 1.78 bits per heavy atom. The predicted octanol–water partition coefficient (Wildman–Crippen LogP) is 4.80. The van der Waals surface area contributed by atoms with Gasteiger partial charge in [0.25, 0.3) is 0 Å². The average Bonchev–Trinajstić information content (AvgIpc) is 2.65. The van der Waals surface area contributed by atoms with E-state index in [0.717, 1.165) is 18.9 Å². The molecule has 0 atom stereocenters. The van der Waals surface area contributed by atoms with Crippen molar-refractivity contribution in [3.8, 4) is 0 Å². The first kappa shape index (κ1) is 15.1. The first-order chi connectivity index (χ1) is 8.93. The van der Waals surface area contributed by atoms with Crippen LogP contribution in [0, 0.1) is 5.92 Å². The van der Waals surface area contributed by atoms with Gasteiger partial charge in [-0.15, -0.1) is 0 Å². The highest BCUT2D eigenvalue weighted by Crippen LogP contribution is 2.21. The van der Waals surface area contributed by atoms with Gasteiger partial charge in [0.1, 0.15) is 0 Å². The lowest BCUT2D eigenvalue weighted by atomic mass is 10.0. The summed E-state index contributed by atoms with van der Waals surface area (Å²) in [5.41, 5.74) is 0. The van der Waals surface area contributed by atoms with E-state index >= 15 is 0 Å². The van der Waals surface area contributed by atoms with Gasteiger partial charge in [-0.3, -0.25) is 9.98 Å². The maximum Gasteiger partial charge on any atom is 0.0385 e. The second kappa shape index (κ2) is 11.2. The zero-order valence-electron chi connectivity index (χ0n) is 11.7. The Kier molecular flexibility index (Phi) is 9.41. The summed E-state index contributed by atoms with van der Waals surface area (Å²) in [6, 6.07) is 0. The predicted molar refractivity (Wildman–Crippen MR) is 81.7 cm³/mol. The fourth-order valence-corrected chi connectivity index (χ4v) is 2.45. The summed E-state index contributed by atoms with van der Waals surface area (Å²) in [4.78, 5) is 8.58. The van der Waals surface area contributed by atoms with Crippen molar-refractivity contribution in [2.45, 2.75) is 64.2 Å². The van der Waals surface area contributed by atoms with E-state index in [2.05, 4.69) is 22.8 Å². The minimum atomic E-state index is 0.771. The maximum atomic E-state index is 4.60. The summed E-state index contributed by atoms with van der Waals surface area (Å²) >= 11 is 0. The summed E-state index contributed by atoms with van der Waals surface area (Å²) in [7, 11) is 0. The molecule has 1 aliphatic rings. The van der Waals surface area contributed by atoms with Gasteiger partial charge in [-0.05, 0) is 38.0 Å². The van der Waals surface area contributed by atoms with Crippen molar-refractivity contribution in [3.05, 3.63) is 12.8 Å². The van der Waals surface area contributed by atoms with Crippen molar-refractivity contribution in [2.24, 2.45) is 15.9 Å². The first-order valence-electron chi connectivity index (χ1n) is 7.56. The molecule has 0 N–H and O–H groups in total. The van der Waals surface area contributed by atoms with E-state index in [4.69, 9.17) is 0 Å². The molecule has 1 aliphatic carbocycles. The van der Waals surface area contributed by atoms with Crippen molar-refractivity contribution >= 4 is 12.4 Å². The molecule has 0 amide bonds. The highest BCUT2D eigenvalue weighted by molar-refractivity contribution is 5.60. The van der Waals surface area contributed by atoms with Gasteiger partial charge in [-0.1, -0.05) is 38.7 Å². The third kappa shape index (κ3) is 8.21. The lowest BCUT2D eigenvalue weighted by Crippen LogP contribution is -2.00. The summed E-state index contributed by atoms with van der Waals surface area (Å²) in [5.74, 6) is 0.771. The highest BCUT2D eigenvalue weighted by Gasteiger charge is 2.08. The molecule has 2 heteroatoms. The van der Waals surface area contributed by atoms with Crippen molar-refractivity contribution in [3.63, 3.8) is 0 Å². The zero-order chi connectivity index (χ0) is 12.9. The van der Waals surface area contributed by atoms with E-state index in [1.165, 1.54) is 57.8 Å². The Balaban J connectivity index is 1.95. The lowest BCUT2D eigenvalue weighted by molar-refractivity contribution is 0.598. The van der Waals surface area contributed by atoms with E-state index in [1.807, 2.05) is 6.21 Å². The fourth-order valence-electron chi connectivity index (χ4n) is 2.45. The summed E-state index contributed by atoms with van der Waals surface area (Å²) in [6.07, 6.45) is 18.9. The smallest absolute Gasteiger partial charge is 0.0385 e. The van der Waals surface area contributed by atoms with Crippen LogP contribution in [0.1, 0.15) is 64.2 Å². The molecule has 0 aromatic heterocycles. The Labute approximate surface area is 112 Å². The Hall–Kier alpha value is -0.920. The molecule has 0 radical (unpaired) electrons. The third-order valence-corrected chi connectivity index (χ3v) is 3.55. The monoisotopic (exact) mass is 248 g/mol. The van der Waals surface area contributed by atoms with Gasteiger partial charge < -0.3 is 0 Å². The molecule has 102 valence electrons. The van der Waals surface area contributed by atoms with Crippen molar-refractivity contribution in [1.82, 2.24) is 0 Å². The average molecular weight is 248 g/mol. The van der Waals surface area contributed by atoms with Gasteiger partial charge in [0.2, 0.25) is 0 Å². The van der Waals surface area contributed by atoms with Gasteiger partial charge in [0, 0.05) is 25.2 Å². The molecule has 0 aromatic rings. The Morgan fingerprint density at radius 1 is 1.00 bits per heavy atom. The Bertz CT molecular complexity index is 248. The molecule has 0 saturated heterocycles. The van der Waals surface area contributed by atoms with E-state index in [-0.39, 0.29) is 0 Å². The molecular formula is C16H28N2. The molecule has 1 fully saturated rings. The van der Waals surface area contributed by atoms with Gasteiger partial charge >= 0.3 is 0 Å². The lowest BCUT2D eigenvalue weighted by Gasteiger charge is -2.06. The summed E-state index contributed by atoms with van der Waals surface area (Å²) in [6.45, 7) is 4.56. The molecular weight excluding hydrogens is 220 g/mol. The van der Waals surface area contributed by atoms with E-state index in [1.54, 1.807) is 6.20 Å². The SMILES string of the molecule is C=CN=CCCCCCN=CC1CCCCCC1. The van der Waals surface area contributed by atoms with Crippen LogP contribution in [0.2, 0.25) is 0 Å². The number of hydrogen-bond donors (Lipinski definition) is 0. The van der Waals surface area contributed by atoms with Crippen LogP contribution >= 0.6 is 0 Å². The van der Waals surface area contributed by atoms with Crippen LogP contribution in [0.4, 0.5) is 0 Å². The molecule has 0 unspecified atom stereocenters. The maximum absolute atomic E-state index is 4.60. The zero-order valence-corrected chi connectivity index (χ0v) is 11.7. The van der Waals surface area contributed by atoms with Crippen molar-refractivity contribution < 1.29 is 0 Å². The molecule has 0 spiro atoms. The molecule has 2 nitrogen and oxygen atoms in total. The second-order valence-electron chi connectivity index (χ2n) is 5.17. The number of nitrogens with zero attached hydrogens (tertiary/aromatic N) is 2. The van der Waals surface area contributed by atoms with E-state index < -0.39 is 0 Å². The van der Waals surface area contributed by atoms with E-state index in [9.17, 15) is 0 Å². The molecule has 1 saturated carbocycles. The molecule has 0 aromatic carbocycles. The van der Waals surface area contributed by atoms with Crippen LogP contribution < -0.4 is 0 Å².